The van der Waals surface area contributed by atoms with Crippen LogP contribution in [0, 0.1) is 10.1 Å². The summed E-state index contributed by atoms with van der Waals surface area (Å²) in [6.45, 7) is 4.69. The Morgan fingerprint density at radius 2 is 1.94 bits per heavy atom. The average Bonchev–Trinajstić information content (AvgIpc) is 3.14. The van der Waals surface area contributed by atoms with Crippen molar-refractivity contribution in [2.75, 3.05) is 18.6 Å². The van der Waals surface area contributed by atoms with Gasteiger partial charge in [-0.05, 0) is 44.2 Å². The second-order valence-electron chi connectivity index (χ2n) is 8.09. The highest BCUT2D eigenvalue weighted by molar-refractivity contribution is 5.97. The number of anilines is 1. The quantitative estimate of drug-likeness (QED) is 0.359. The molecule has 2 N–H and O–H groups in total. The lowest BCUT2D eigenvalue weighted by molar-refractivity contribution is -0.384. The summed E-state index contributed by atoms with van der Waals surface area (Å²) in [6, 6.07) is 9.83. The number of rotatable bonds is 5. The molecule has 32 heavy (non-hydrogen) atoms. The van der Waals surface area contributed by atoms with Crippen LogP contribution >= 0.6 is 0 Å². The third-order valence-electron chi connectivity index (χ3n) is 5.59. The fraction of sp³-hybridized carbons (Fsp3) is 0.304. The van der Waals surface area contributed by atoms with E-state index in [-0.39, 0.29) is 23.2 Å². The van der Waals surface area contributed by atoms with Gasteiger partial charge in [-0.2, -0.15) is 0 Å². The molecular formula is C23H24N4O5. The maximum Gasteiger partial charge on any atom is 0.337 e. The number of fused-ring (bicyclic) bond motifs is 3. The number of ether oxygens (including phenoxy) is 1. The van der Waals surface area contributed by atoms with Gasteiger partial charge in [0.15, 0.2) is 0 Å². The number of aromatic nitrogens is 1. The number of esters is 1. The van der Waals surface area contributed by atoms with Crippen LogP contribution < -0.4 is 10.2 Å². The van der Waals surface area contributed by atoms with Crippen molar-refractivity contribution in [3.63, 3.8) is 0 Å². The van der Waals surface area contributed by atoms with Crippen LogP contribution in [-0.2, 0) is 17.7 Å². The Morgan fingerprint density at radius 1 is 1.19 bits per heavy atom. The minimum atomic E-state index is -0.457. The monoisotopic (exact) mass is 436 g/mol. The zero-order valence-corrected chi connectivity index (χ0v) is 18.1. The summed E-state index contributed by atoms with van der Waals surface area (Å²) < 4.78 is 4.83. The van der Waals surface area contributed by atoms with E-state index in [1.807, 2.05) is 24.8 Å². The van der Waals surface area contributed by atoms with Crippen LogP contribution in [0.5, 0.6) is 0 Å². The summed E-state index contributed by atoms with van der Waals surface area (Å²) in [5.41, 5.74) is 3.99. The third kappa shape index (κ3) is 3.89. The van der Waals surface area contributed by atoms with Gasteiger partial charge in [-0.25, -0.2) is 4.79 Å². The van der Waals surface area contributed by atoms with Crippen molar-refractivity contribution < 1.29 is 19.2 Å². The van der Waals surface area contributed by atoms with E-state index in [2.05, 4.69) is 10.3 Å². The van der Waals surface area contributed by atoms with Gasteiger partial charge in [-0.15, -0.1) is 0 Å². The summed E-state index contributed by atoms with van der Waals surface area (Å²) in [7, 11) is 1.34. The summed E-state index contributed by atoms with van der Waals surface area (Å²) in [5.74, 6) is -0.761. The smallest absolute Gasteiger partial charge is 0.337 e. The van der Waals surface area contributed by atoms with Crippen molar-refractivity contribution in [1.82, 2.24) is 10.3 Å². The lowest BCUT2D eigenvalue weighted by Gasteiger charge is -2.29. The Hall–Kier alpha value is -3.88. The SMILES string of the molecule is COC(=O)c1ccc2[nH]c3c(c2c1)CN(c1ccc(C(=O)NC(C)C)cc1[N+](=O)[O-])CC3. The number of nitrogens with zero attached hydrogens (tertiary/aromatic N) is 2. The molecule has 1 aliphatic rings. The van der Waals surface area contributed by atoms with E-state index in [1.54, 1.807) is 24.3 Å². The Bertz CT molecular complexity index is 1230. The molecule has 1 amide bonds. The zero-order chi connectivity index (χ0) is 23.0. The fourth-order valence-corrected chi connectivity index (χ4v) is 4.09. The fourth-order valence-electron chi connectivity index (χ4n) is 4.09. The molecule has 0 bridgehead atoms. The number of hydrogen-bond donors (Lipinski definition) is 2. The van der Waals surface area contributed by atoms with Crippen molar-refractivity contribution >= 4 is 34.2 Å². The van der Waals surface area contributed by atoms with Crippen molar-refractivity contribution in [3.05, 3.63) is 68.9 Å². The van der Waals surface area contributed by atoms with E-state index in [9.17, 15) is 19.7 Å². The molecule has 0 aliphatic carbocycles. The highest BCUT2D eigenvalue weighted by Crippen LogP contribution is 2.35. The molecule has 0 unspecified atom stereocenters. The predicted octanol–water partition coefficient (Wildman–Crippen LogP) is 3.56. The molecule has 9 heteroatoms. The Kier molecular flexibility index (Phi) is 5.56. The predicted molar refractivity (Wildman–Crippen MR) is 120 cm³/mol. The number of hydrogen-bond acceptors (Lipinski definition) is 6. The lowest BCUT2D eigenvalue weighted by Crippen LogP contribution is -2.31. The van der Waals surface area contributed by atoms with Gasteiger partial charge in [-0.3, -0.25) is 14.9 Å². The number of amides is 1. The molecule has 1 aliphatic heterocycles. The molecule has 3 aromatic rings. The number of carbonyl (C=O) groups excluding carboxylic acids is 2. The number of carbonyl (C=O) groups is 2. The normalized spacial score (nSPS) is 13.2. The van der Waals surface area contributed by atoms with E-state index in [0.29, 0.717) is 30.8 Å². The largest absolute Gasteiger partial charge is 0.465 e. The van der Waals surface area contributed by atoms with Crippen LogP contribution in [0.2, 0.25) is 0 Å². The zero-order valence-electron chi connectivity index (χ0n) is 18.1. The molecule has 2 aromatic carbocycles. The molecule has 0 fully saturated rings. The molecule has 0 spiro atoms. The number of methoxy groups -OCH3 is 1. The maximum atomic E-state index is 12.3. The summed E-state index contributed by atoms with van der Waals surface area (Å²) in [5, 5.41) is 15.5. The minimum absolute atomic E-state index is 0.0708. The second kappa shape index (κ2) is 8.33. The number of nitro groups is 1. The number of nitrogens with one attached hydrogen (secondary N) is 2. The first-order valence-corrected chi connectivity index (χ1v) is 10.3. The Morgan fingerprint density at radius 3 is 2.62 bits per heavy atom. The maximum absolute atomic E-state index is 12.3. The van der Waals surface area contributed by atoms with Crippen LogP contribution in [0.3, 0.4) is 0 Å². The molecule has 4 rings (SSSR count). The molecule has 0 atom stereocenters. The van der Waals surface area contributed by atoms with E-state index in [0.717, 1.165) is 22.2 Å². The van der Waals surface area contributed by atoms with Crippen molar-refractivity contribution in [2.24, 2.45) is 0 Å². The summed E-state index contributed by atoms with van der Waals surface area (Å²) in [4.78, 5) is 40.9. The number of nitro benzene ring substituents is 1. The van der Waals surface area contributed by atoms with Crippen molar-refractivity contribution in [3.8, 4) is 0 Å². The Balaban J connectivity index is 1.70. The average molecular weight is 436 g/mol. The van der Waals surface area contributed by atoms with Gasteiger partial charge in [-0.1, -0.05) is 0 Å². The van der Waals surface area contributed by atoms with Gasteiger partial charge >= 0.3 is 5.97 Å². The van der Waals surface area contributed by atoms with E-state index >= 15 is 0 Å². The topological polar surface area (TPSA) is 118 Å². The number of aromatic amines is 1. The highest BCUT2D eigenvalue weighted by atomic mass is 16.6. The first-order chi connectivity index (χ1) is 15.3. The standard InChI is InChI=1S/C23H24N4O5/c1-13(2)24-22(28)14-5-7-20(21(11-14)27(30)31)26-9-8-19-17(12-26)16-10-15(23(29)32-3)4-6-18(16)25-19/h4-7,10-11,13,25H,8-9,12H2,1-3H3,(H,24,28). The van der Waals surface area contributed by atoms with Gasteiger partial charge < -0.3 is 19.9 Å². The van der Waals surface area contributed by atoms with E-state index in [1.165, 1.54) is 13.2 Å². The van der Waals surface area contributed by atoms with Crippen LogP contribution in [-0.4, -0.2) is 41.5 Å². The van der Waals surface area contributed by atoms with Crippen LogP contribution in [0.1, 0.15) is 45.8 Å². The molecule has 0 saturated carbocycles. The van der Waals surface area contributed by atoms with E-state index in [4.69, 9.17) is 4.74 Å². The molecule has 0 saturated heterocycles. The molecule has 166 valence electrons. The first kappa shape index (κ1) is 21.4. The number of H-pyrrole nitrogens is 1. The molecular weight excluding hydrogens is 412 g/mol. The summed E-state index contributed by atoms with van der Waals surface area (Å²) in [6.07, 6.45) is 0.671. The van der Waals surface area contributed by atoms with Gasteiger partial charge in [0.05, 0.1) is 17.6 Å². The molecule has 2 heterocycles. The van der Waals surface area contributed by atoms with Gasteiger partial charge in [0.25, 0.3) is 11.6 Å². The van der Waals surface area contributed by atoms with Crippen LogP contribution in [0.15, 0.2) is 36.4 Å². The third-order valence-corrected chi connectivity index (χ3v) is 5.59. The Labute approximate surface area is 184 Å². The first-order valence-electron chi connectivity index (χ1n) is 10.3. The second-order valence-corrected chi connectivity index (χ2v) is 8.09. The van der Waals surface area contributed by atoms with Crippen molar-refractivity contribution in [1.29, 1.82) is 0 Å². The van der Waals surface area contributed by atoms with Gasteiger partial charge in [0, 0.05) is 59.3 Å². The minimum Gasteiger partial charge on any atom is -0.465 e. The van der Waals surface area contributed by atoms with Gasteiger partial charge in [0.2, 0.25) is 0 Å². The summed E-state index contributed by atoms with van der Waals surface area (Å²) >= 11 is 0. The highest BCUT2D eigenvalue weighted by Gasteiger charge is 2.27. The molecule has 0 radical (unpaired) electrons. The number of benzene rings is 2. The van der Waals surface area contributed by atoms with Gasteiger partial charge in [0.1, 0.15) is 5.69 Å². The molecule has 1 aromatic heterocycles. The van der Waals surface area contributed by atoms with E-state index < -0.39 is 10.9 Å². The molecule has 9 nitrogen and oxygen atoms in total. The van der Waals surface area contributed by atoms with Crippen LogP contribution in [0.25, 0.3) is 10.9 Å². The lowest BCUT2D eigenvalue weighted by atomic mass is 10.0. The van der Waals surface area contributed by atoms with Crippen molar-refractivity contribution in [2.45, 2.75) is 32.9 Å². The van der Waals surface area contributed by atoms with Crippen LogP contribution in [0.4, 0.5) is 11.4 Å².